The van der Waals surface area contributed by atoms with E-state index in [1.54, 1.807) is 19.1 Å². The number of alkyl halides is 3. The third-order valence-electron chi connectivity index (χ3n) is 5.97. The van der Waals surface area contributed by atoms with E-state index < -0.39 is 35.0 Å². The van der Waals surface area contributed by atoms with Crippen LogP contribution in [-0.4, -0.2) is 39.8 Å². The smallest absolute Gasteiger partial charge is 0.428 e. The van der Waals surface area contributed by atoms with Crippen LogP contribution in [0.5, 0.6) is 5.75 Å². The van der Waals surface area contributed by atoms with Gasteiger partial charge < -0.3 is 25.5 Å². The number of primary amides is 1. The average Bonchev–Trinajstić information content (AvgIpc) is 3.25. The van der Waals surface area contributed by atoms with Crippen LogP contribution in [0.4, 0.5) is 18.9 Å². The van der Waals surface area contributed by atoms with E-state index in [4.69, 9.17) is 10.5 Å². The minimum absolute atomic E-state index is 0.0338. The van der Waals surface area contributed by atoms with Crippen molar-refractivity contribution in [1.82, 2.24) is 9.55 Å². The number of nitrogens with one attached hydrogen (secondary N) is 1. The first kappa shape index (κ1) is 25.7. The molecule has 3 aromatic carbocycles. The molecule has 192 valence electrons. The van der Waals surface area contributed by atoms with Crippen molar-refractivity contribution in [3.05, 3.63) is 89.2 Å². The fourth-order valence-corrected chi connectivity index (χ4v) is 4.07. The zero-order chi connectivity index (χ0) is 27.0. The summed E-state index contributed by atoms with van der Waals surface area (Å²) in [6.07, 6.45) is -5.11. The number of fused-ring (bicyclic) bond motifs is 1. The predicted molar refractivity (Wildman–Crippen MR) is 130 cm³/mol. The highest BCUT2D eigenvalue weighted by molar-refractivity contribution is 6.06. The number of carbonyl (C=O) groups is 2. The zero-order valence-electron chi connectivity index (χ0n) is 19.8. The first-order chi connectivity index (χ1) is 17.5. The molecule has 0 bridgehead atoms. The molecule has 8 nitrogen and oxygen atoms in total. The van der Waals surface area contributed by atoms with Crippen LogP contribution < -0.4 is 15.8 Å². The van der Waals surface area contributed by atoms with Crippen LogP contribution in [0, 0.1) is 0 Å². The van der Waals surface area contributed by atoms with Gasteiger partial charge in [-0.3, -0.25) is 9.59 Å². The van der Waals surface area contributed by atoms with Crippen LogP contribution in [0.15, 0.2) is 66.7 Å². The van der Waals surface area contributed by atoms with Crippen LogP contribution in [0.2, 0.25) is 0 Å². The Morgan fingerprint density at radius 2 is 1.76 bits per heavy atom. The summed E-state index contributed by atoms with van der Waals surface area (Å²) in [5.74, 6) is -1.52. The van der Waals surface area contributed by atoms with E-state index in [-0.39, 0.29) is 28.7 Å². The van der Waals surface area contributed by atoms with Gasteiger partial charge in [0.25, 0.3) is 5.91 Å². The van der Waals surface area contributed by atoms with Crippen LogP contribution in [0.1, 0.15) is 39.0 Å². The maximum atomic E-state index is 14.4. The Balaban J connectivity index is 1.79. The first-order valence-corrected chi connectivity index (χ1v) is 11.1. The molecule has 11 heteroatoms. The summed E-state index contributed by atoms with van der Waals surface area (Å²) in [6, 6.07) is 15.1. The van der Waals surface area contributed by atoms with Crippen molar-refractivity contribution in [2.75, 3.05) is 12.4 Å². The van der Waals surface area contributed by atoms with Gasteiger partial charge in [0.1, 0.15) is 5.75 Å². The van der Waals surface area contributed by atoms with Crippen molar-refractivity contribution in [2.24, 2.45) is 5.73 Å². The molecule has 0 fully saturated rings. The number of rotatable bonds is 7. The minimum Gasteiger partial charge on any atom is -0.497 e. The number of halogens is 3. The fourth-order valence-electron chi connectivity index (χ4n) is 4.07. The van der Waals surface area contributed by atoms with Crippen molar-refractivity contribution < 1.29 is 32.6 Å². The molecule has 0 aliphatic carbocycles. The second-order valence-corrected chi connectivity index (χ2v) is 8.22. The quantitative estimate of drug-likeness (QED) is 0.343. The summed E-state index contributed by atoms with van der Waals surface area (Å²) in [6.45, 7) is 1.64. The molecule has 37 heavy (non-hydrogen) atoms. The summed E-state index contributed by atoms with van der Waals surface area (Å²) in [4.78, 5) is 28.4. The number of methoxy groups -OCH3 is 1. The molecule has 0 aliphatic rings. The van der Waals surface area contributed by atoms with Gasteiger partial charge in [-0.15, -0.1) is 0 Å². The number of aromatic nitrogens is 2. The number of ether oxygens (including phenoxy) is 1. The van der Waals surface area contributed by atoms with Gasteiger partial charge in [-0.1, -0.05) is 18.2 Å². The lowest BCUT2D eigenvalue weighted by Gasteiger charge is -2.31. The molecule has 4 rings (SSSR count). The molecule has 1 atom stereocenters. The molecule has 1 aromatic heterocycles. The maximum absolute atomic E-state index is 14.4. The molecular formula is C26H23F3N4O4. The molecule has 0 aliphatic heterocycles. The zero-order valence-corrected chi connectivity index (χ0v) is 19.8. The Kier molecular flexibility index (Phi) is 6.66. The lowest BCUT2D eigenvalue weighted by Crippen LogP contribution is -2.45. The number of aliphatic hydroxyl groups is 1. The number of amides is 2. The fraction of sp³-hybridized carbons (Fsp3) is 0.192. The highest BCUT2D eigenvalue weighted by atomic mass is 19.4. The number of carbonyl (C=O) groups excluding carboxylic acids is 2. The Labute approximate surface area is 209 Å². The summed E-state index contributed by atoms with van der Waals surface area (Å²) in [7, 11) is 1.38. The van der Waals surface area contributed by atoms with Gasteiger partial charge in [0.05, 0.1) is 18.1 Å². The van der Waals surface area contributed by atoms with Crippen LogP contribution in [0.25, 0.3) is 11.0 Å². The predicted octanol–water partition coefficient (Wildman–Crippen LogP) is 4.21. The Morgan fingerprint density at radius 3 is 2.35 bits per heavy atom. The molecule has 4 aromatic rings. The lowest BCUT2D eigenvalue weighted by molar-refractivity contribution is -0.252. The van der Waals surface area contributed by atoms with Crippen molar-refractivity contribution in [3.63, 3.8) is 0 Å². The standard InChI is InChI=1S/C26H23F3N4O4/c1-3-33-21-14-16(23(35)31-18-6-4-5-15(13-18)22(30)34)7-12-20(21)32-24(33)25(36,26(27,28)29)17-8-10-19(37-2)11-9-17/h4-14,36H,3H2,1-2H3,(H2,30,34)(H,31,35). The highest BCUT2D eigenvalue weighted by Crippen LogP contribution is 2.45. The monoisotopic (exact) mass is 512 g/mol. The van der Waals surface area contributed by atoms with Gasteiger partial charge in [-0.25, -0.2) is 4.98 Å². The molecule has 0 spiro atoms. The van der Waals surface area contributed by atoms with Crippen LogP contribution in [-0.2, 0) is 12.1 Å². The first-order valence-electron chi connectivity index (χ1n) is 11.1. The Morgan fingerprint density at radius 1 is 1.05 bits per heavy atom. The minimum atomic E-state index is -5.11. The Hall–Kier alpha value is -4.38. The van der Waals surface area contributed by atoms with E-state index in [0.29, 0.717) is 11.4 Å². The largest absolute Gasteiger partial charge is 0.497 e. The highest BCUT2D eigenvalue weighted by Gasteiger charge is 2.59. The van der Waals surface area contributed by atoms with Gasteiger partial charge in [0.15, 0.2) is 5.82 Å². The summed E-state index contributed by atoms with van der Waals surface area (Å²) >= 11 is 0. The van der Waals surface area contributed by atoms with Gasteiger partial charge >= 0.3 is 6.18 Å². The molecule has 0 saturated carbocycles. The number of benzene rings is 3. The molecule has 1 unspecified atom stereocenters. The molecule has 4 N–H and O–H groups in total. The summed E-state index contributed by atoms with van der Waals surface area (Å²) < 4.78 is 49.5. The maximum Gasteiger partial charge on any atom is 0.428 e. The van der Waals surface area contributed by atoms with E-state index in [1.165, 1.54) is 54.1 Å². The number of hydrogen-bond acceptors (Lipinski definition) is 5. The second kappa shape index (κ2) is 9.58. The molecule has 0 radical (unpaired) electrons. The van der Waals surface area contributed by atoms with E-state index in [9.17, 15) is 27.9 Å². The third kappa shape index (κ3) is 4.60. The molecular weight excluding hydrogens is 489 g/mol. The number of nitrogens with two attached hydrogens (primary N) is 1. The summed E-state index contributed by atoms with van der Waals surface area (Å²) in [5.41, 5.74) is 2.47. The number of nitrogens with zero attached hydrogens (tertiary/aromatic N) is 2. The van der Waals surface area contributed by atoms with Crippen molar-refractivity contribution in [1.29, 1.82) is 0 Å². The van der Waals surface area contributed by atoms with Crippen molar-refractivity contribution in [2.45, 2.75) is 25.2 Å². The number of hydrogen-bond donors (Lipinski definition) is 3. The normalized spacial score (nSPS) is 13.2. The van der Waals surface area contributed by atoms with Crippen molar-refractivity contribution in [3.8, 4) is 5.75 Å². The second-order valence-electron chi connectivity index (χ2n) is 8.22. The SMILES string of the molecule is CCn1c(C(O)(c2ccc(OC)cc2)C(F)(F)F)nc2ccc(C(=O)Nc3cccc(C(N)=O)c3)cc21. The summed E-state index contributed by atoms with van der Waals surface area (Å²) in [5, 5.41) is 13.8. The van der Waals surface area contributed by atoms with Crippen molar-refractivity contribution >= 4 is 28.5 Å². The molecule has 0 saturated heterocycles. The topological polar surface area (TPSA) is 119 Å². The van der Waals surface area contributed by atoms with E-state index in [2.05, 4.69) is 10.3 Å². The van der Waals surface area contributed by atoms with Gasteiger partial charge in [0, 0.05) is 28.9 Å². The van der Waals surface area contributed by atoms with Gasteiger partial charge in [0.2, 0.25) is 11.5 Å². The number of aryl methyl sites for hydroxylation is 1. The molecule has 2 amide bonds. The van der Waals surface area contributed by atoms with Gasteiger partial charge in [-0.05, 0) is 55.5 Å². The van der Waals surface area contributed by atoms with E-state index in [0.717, 1.165) is 12.1 Å². The van der Waals surface area contributed by atoms with Crippen LogP contribution >= 0.6 is 0 Å². The average molecular weight is 512 g/mol. The molecule has 1 heterocycles. The lowest BCUT2D eigenvalue weighted by atomic mass is 9.92. The van der Waals surface area contributed by atoms with E-state index >= 15 is 0 Å². The van der Waals surface area contributed by atoms with Gasteiger partial charge in [-0.2, -0.15) is 13.2 Å². The van der Waals surface area contributed by atoms with Crippen LogP contribution in [0.3, 0.4) is 0 Å². The third-order valence-corrected chi connectivity index (χ3v) is 5.97. The number of imidazole rings is 1. The number of anilines is 1. The Bertz CT molecular complexity index is 1480. The van der Waals surface area contributed by atoms with E-state index in [1.807, 2.05) is 0 Å².